The molecule has 1 aliphatic heterocycles. The molecule has 41 heavy (non-hydrogen) atoms. The van der Waals surface area contributed by atoms with Crippen molar-refractivity contribution < 1.29 is 18.0 Å². The van der Waals surface area contributed by atoms with Gasteiger partial charge in [0.1, 0.15) is 5.69 Å². The van der Waals surface area contributed by atoms with Crippen LogP contribution >= 0.6 is 11.3 Å². The smallest absolute Gasteiger partial charge is 0.287 e. The van der Waals surface area contributed by atoms with Gasteiger partial charge in [-0.25, -0.2) is 18.3 Å². The first-order valence-corrected chi connectivity index (χ1v) is 13.5. The number of amides is 1. The number of aromatic amines is 1. The van der Waals surface area contributed by atoms with E-state index in [0.29, 0.717) is 22.0 Å². The number of hydrogen-bond acceptors (Lipinski definition) is 7. The van der Waals surface area contributed by atoms with E-state index < -0.39 is 23.2 Å². The van der Waals surface area contributed by atoms with Gasteiger partial charge >= 0.3 is 0 Å². The first-order valence-electron chi connectivity index (χ1n) is 12.7. The van der Waals surface area contributed by atoms with Crippen LogP contribution in [0, 0.1) is 12.7 Å². The molecular formula is C28H24F3N7O2S. The van der Waals surface area contributed by atoms with E-state index in [4.69, 9.17) is 0 Å². The zero-order valence-corrected chi connectivity index (χ0v) is 22.8. The van der Waals surface area contributed by atoms with Crippen molar-refractivity contribution in [2.24, 2.45) is 7.05 Å². The van der Waals surface area contributed by atoms with Gasteiger partial charge in [-0.1, -0.05) is 24.3 Å². The van der Waals surface area contributed by atoms with Gasteiger partial charge in [-0.3, -0.25) is 19.2 Å². The molecule has 1 aliphatic rings. The molecule has 5 aromatic rings. The second-order valence-electron chi connectivity index (χ2n) is 9.99. The number of likely N-dealkylation sites (tertiary alicyclic amines) is 1. The van der Waals surface area contributed by atoms with Gasteiger partial charge in [0.15, 0.2) is 11.6 Å². The second-order valence-corrected chi connectivity index (χ2v) is 11.1. The maximum atomic E-state index is 15.8. The summed E-state index contributed by atoms with van der Waals surface area (Å²) in [5.41, 5.74) is 0.906. The lowest BCUT2D eigenvalue weighted by molar-refractivity contribution is -0.134. The Balaban J connectivity index is 1.24. The normalized spacial score (nSPS) is 14.7. The highest BCUT2D eigenvalue weighted by molar-refractivity contribution is 7.20. The molecule has 0 aliphatic carbocycles. The van der Waals surface area contributed by atoms with Gasteiger partial charge in [0, 0.05) is 29.9 Å². The summed E-state index contributed by atoms with van der Waals surface area (Å²) in [5.74, 6) is -3.49. The number of thiophene rings is 1. The van der Waals surface area contributed by atoms with E-state index in [1.165, 1.54) is 23.5 Å². The molecule has 1 saturated heterocycles. The molecule has 3 aromatic heterocycles. The molecule has 9 nitrogen and oxygen atoms in total. The summed E-state index contributed by atoms with van der Waals surface area (Å²) >= 11 is 1.31. The quantitative estimate of drug-likeness (QED) is 0.242. The number of hydrogen-bond donors (Lipinski definition) is 3. The molecule has 0 spiro atoms. The van der Waals surface area contributed by atoms with E-state index in [0.717, 1.165) is 10.1 Å². The number of carbonyl (C=O) groups excluding carboxylic acids is 1. The van der Waals surface area contributed by atoms with E-state index >= 15 is 4.39 Å². The minimum Gasteiger partial charge on any atom is -0.334 e. The maximum Gasteiger partial charge on any atom is 0.287 e. The lowest BCUT2D eigenvalue weighted by Crippen LogP contribution is -2.55. The molecule has 4 heterocycles. The van der Waals surface area contributed by atoms with Crippen molar-refractivity contribution in [2.75, 3.05) is 23.7 Å². The van der Waals surface area contributed by atoms with Gasteiger partial charge in [0.2, 0.25) is 0 Å². The molecule has 0 radical (unpaired) electrons. The average molecular weight is 580 g/mol. The summed E-state index contributed by atoms with van der Waals surface area (Å²) in [7, 11) is 1.68. The van der Waals surface area contributed by atoms with Crippen LogP contribution in [0.2, 0.25) is 0 Å². The third-order valence-corrected chi connectivity index (χ3v) is 7.97. The number of H-pyrrole nitrogens is 1. The SMILES string of the molecule is Cc1ccc(-c2cc(Nc3cc(CN4CC(F)(F)C4)n(C)n3)c(=O)[nH]n2)c(F)c1NC(=O)c1cc2ccccc2s1. The van der Waals surface area contributed by atoms with Gasteiger partial charge in [-0.2, -0.15) is 10.2 Å². The Bertz CT molecular complexity index is 1820. The molecule has 1 amide bonds. The number of fused-ring (bicyclic) bond motifs is 1. The fourth-order valence-corrected chi connectivity index (χ4v) is 5.69. The Morgan fingerprint density at radius 1 is 1.15 bits per heavy atom. The van der Waals surface area contributed by atoms with E-state index in [1.807, 2.05) is 24.3 Å². The molecule has 2 aromatic carbocycles. The summed E-state index contributed by atoms with van der Waals surface area (Å²) in [6.45, 7) is 1.33. The van der Waals surface area contributed by atoms with Crippen LogP contribution in [0.4, 0.5) is 30.4 Å². The highest BCUT2D eigenvalue weighted by Crippen LogP contribution is 2.32. The number of aryl methyl sites for hydroxylation is 2. The fourth-order valence-electron chi connectivity index (χ4n) is 4.73. The minimum absolute atomic E-state index is 0.0124. The molecule has 13 heteroatoms. The van der Waals surface area contributed by atoms with Gasteiger partial charge < -0.3 is 10.6 Å². The van der Waals surface area contributed by atoms with Crippen LogP contribution in [-0.2, 0) is 13.6 Å². The number of halogens is 3. The van der Waals surface area contributed by atoms with Crippen molar-refractivity contribution in [3.63, 3.8) is 0 Å². The Morgan fingerprint density at radius 2 is 1.93 bits per heavy atom. The molecule has 3 N–H and O–H groups in total. The summed E-state index contributed by atoms with van der Waals surface area (Å²) in [6, 6.07) is 15.6. The van der Waals surface area contributed by atoms with E-state index in [9.17, 15) is 18.4 Å². The van der Waals surface area contributed by atoms with Crippen LogP contribution in [0.3, 0.4) is 0 Å². The van der Waals surface area contributed by atoms with Crippen LogP contribution in [0.15, 0.2) is 59.4 Å². The van der Waals surface area contributed by atoms with E-state index in [-0.39, 0.29) is 42.3 Å². The zero-order valence-electron chi connectivity index (χ0n) is 22.0. The van der Waals surface area contributed by atoms with Gasteiger partial charge in [-0.05, 0) is 42.1 Å². The number of benzene rings is 2. The number of nitrogens with one attached hydrogen (secondary N) is 3. The Labute approximate surface area is 235 Å². The Kier molecular flexibility index (Phi) is 6.62. The van der Waals surface area contributed by atoms with Crippen molar-refractivity contribution in [3.05, 3.63) is 86.9 Å². The zero-order chi connectivity index (χ0) is 28.9. The van der Waals surface area contributed by atoms with Gasteiger partial charge in [-0.15, -0.1) is 11.3 Å². The summed E-state index contributed by atoms with van der Waals surface area (Å²) in [6.07, 6.45) is 0. The third kappa shape index (κ3) is 5.33. The monoisotopic (exact) mass is 579 g/mol. The number of rotatable bonds is 7. The summed E-state index contributed by atoms with van der Waals surface area (Å²) in [5, 5.41) is 17.2. The number of nitrogens with zero attached hydrogens (tertiary/aromatic N) is 4. The number of alkyl halides is 2. The summed E-state index contributed by atoms with van der Waals surface area (Å²) in [4.78, 5) is 27.6. The highest BCUT2D eigenvalue weighted by Gasteiger charge is 2.43. The Morgan fingerprint density at radius 3 is 2.68 bits per heavy atom. The van der Waals surface area contributed by atoms with Crippen molar-refractivity contribution in [2.45, 2.75) is 19.4 Å². The van der Waals surface area contributed by atoms with Crippen molar-refractivity contribution >= 4 is 44.5 Å². The Hall–Kier alpha value is -4.49. The topological polar surface area (TPSA) is 108 Å². The van der Waals surface area contributed by atoms with Crippen LogP contribution in [0.25, 0.3) is 21.3 Å². The highest BCUT2D eigenvalue weighted by atomic mass is 32.1. The number of aromatic nitrogens is 4. The minimum atomic E-state index is -2.67. The van der Waals surface area contributed by atoms with Crippen LogP contribution in [0.1, 0.15) is 20.9 Å². The molecule has 0 atom stereocenters. The maximum absolute atomic E-state index is 15.8. The van der Waals surface area contributed by atoms with Crippen LogP contribution in [-0.4, -0.2) is 49.8 Å². The van der Waals surface area contributed by atoms with Crippen molar-refractivity contribution in [1.82, 2.24) is 24.9 Å². The average Bonchev–Trinajstić information content (AvgIpc) is 3.50. The molecule has 1 fully saturated rings. The van der Waals surface area contributed by atoms with Crippen LogP contribution in [0.5, 0.6) is 0 Å². The predicted octanol–water partition coefficient (Wildman–Crippen LogP) is 5.28. The standard InChI is InChI=1S/C28H24F3N7O2S/c1-15-7-8-18(24(29)25(15)33-27(40)22-9-16-5-3-4-6-21(16)41-22)19-11-20(26(39)35-34-19)32-23-10-17(37(2)36-23)12-38-13-28(30,31)14-38/h3-11H,12-14H2,1-2H3,(H,33,40)(H,35,39)(H,32,34,36). The molecule has 0 saturated carbocycles. The van der Waals surface area contributed by atoms with Gasteiger partial charge in [0.25, 0.3) is 17.4 Å². The number of carbonyl (C=O) groups is 1. The second kappa shape index (κ2) is 10.2. The largest absolute Gasteiger partial charge is 0.334 e. The first kappa shape index (κ1) is 26.7. The molecular weight excluding hydrogens is 555 g/mol. The lowest BCUT2D eigenvalue weighted by atomic mass is 10.1. The van der Waals surface area contributed by atoms with E-state index in [1.54, 1.807) is 41.8 Å². The lowest BCUT2D eigenvalue weighted by Gasteiger charge is -2.38. The first-order chi connectivity index (χ1) is 19.6. The predicted molar refractivity (Wildman–Crippen MR) is 151 cm³/mol. The molecule has 210 valence electrons. The van der Waals surface area contributed by atoms with E-state index in [2.05, 4.69) is 25.9 Å². The molecule has 0 unspecified atom stereocenters. The van der Waals surface area contributed by atoms with Crippen molar-refractivity contribution in [3.8, 4) is 11.3 Å². The van der Waals surface area contributed by atoms with Crippen LogP contribution < -0.4 is 16.2 Å². The number of anilines is 3. The fraction of sp³-hybridized carbons (Fsp3) is 0.214. The third-order valence-electron chi connectivity index (χ3n) is 6.85. The van der Waals surface area contributed by atoms with Crippen molar-refractivity contribution in [1.29, 1.82) is 0 Å². The molecule has 0 bridgehead atoms. The molecule has 6 rings (SSSR count). The summed E-state index contributed by atoms with van der Waals surface area (Å²) < 4.78 is 44.7. The van der Waals surface area contributed by atoms with Gasteiger partial charge in [0.05, 0.1) is 35.0 Å².